The Kier molecular flexibility index (Phi) is 4.55. The van der Waals surface area contributed by atoms with E-state index in [0.29, 0.717) is 22.8 Å². The highest BCUT2D eigenvalue weighted by atomic mass is 16.5. The first-order valence-corrected chi connectivity index (χ1v) is 9.12. The molecule has 2 heterocycles. The van der Waals surface area contributed by atoms with Gasteiger partial charge in [-0.2, -0.15) is 0 Å². The third-order valence-corrected chi connectivity index (χ3v) is 4.59. The molecular formula is C22H22N2O4. The lowest BCUT2D eigenvalue weighted by Crippen LogP contribution is -2.25. The number of benzene rings is 2. The summed E-state index contributed by atoms with van der Waals surface area (Å²) in [5.41, 5.74) is 2.10. The summed E-state index contributed by atoms with van der Waals surface area (Å²) in [6.07, 6.45) is 0.815. The van der Waals surface area contributed by atoms with Crippen molar-refractivity contribution < 1.29 is 19.0 Å². The van der Waals surface area contributed by atoms with Gasteiger partial charge in [-0.25, -0.2) is 4.98 Å². The molecule has 1 amide bonds. The highest BCUT2D eigenvalue weighted by Gasteiger charge is 2.32. The first-order valence-electron chi connectivity index (χ1n) is 9.12. The zero-order chi connectivity index (χ0) is 19.7. The minimum Gasteiger partial charge on any atom is -0.483 e. The number of fused-ring (bicyclic) bond motifs is 2. The highest BCUT2D eigenvalue weighted by molar-refractivity contribution is 6.00. The van der Waals surface area contributed by atoms with Crippen molar-refractivity contribution >= 4 is 22.5 Å². The quantitative estimate of drug-likeness (QED) is 0.727. The molecule has 28 heavy (non-hydrogen) atoms. The van der Waals surface area contributed by atoms with Crippen LogP contribution in [-0.2, 0) is 11.2 Å². The SMILES string of the molecule is COc1ccc2cccc(NC(=O)COc3cccc4c3OC(C)(C)C4)c2n1. The number of ether oxygens (including phenoxy) is 3. The molecule has 0 unspecified atom stereocenters. The second-order valence-corrected chi connectivity index (χ2v) is 7.35. The normalized spacial score (nSPS) is 14.2. The van der Waals surface area contributed by atoms with Gasteiger partial charge in [0, 0.05) is 23.4 Å². The van der Waals surface area contributed by atoms with Gasteiger partial charge in [-0.15, -0.1) is 0 Å². The van der Waals surface area contributed by atoms with Crippen LogP contribution in [0.15, 0.2) is 48.5 Å². The lowest BCUT2D eigenvalue weighted by molar-refractivity contribution is -0.118. The van der Waals surface area contributed by atoms with Gasteiger partial charge in [0.25, 0.3) is 5.91 Å². The molecule has 0 atom stereocenters. The molecular weight excluding hydrogens is 356 g/mol. The fourth-order valence-electron chi connectivity index (χ4n) is 3.37. The Bertz CT molecular complexity index is 1050. The van der Waals surface area contributed by atoms with E-state index in [1.54, 1.807) is 19.2 Å². The molecule has 1 aliphatic rings. The summed E-state index contributed by atoms with van der Waals surface area (Å²) in [4.78, 5) is 16.9. The van der Waals surface area contributed by atoms with E-state index < -0.39 is 0 Å². The van der Waals surface area contributed by atoms with E-state index in [-0.39, 0.29) is 18.1 Å². The van der Waals surface area contributed by atoms with Crippen LogP contribution >= 0.6 is 0 Å². The number of hydrogen-bond donors (Lipinski definition) is 1. The molecule has 144 valence electrons. The van der Waals surface area contributed by atoms with Crippen LogP contribution < -0.4 is 19.5 Å². The van der Waals surface area contributed by atoms with Gasteiger partial charge in [0.1, 0.15) is 5.60 Å². The number of rotatable bonds is 5. The van der Waals surface area contributed by atoms with Crippen molar-refractivity contribution in [3.8, 4) is 17.4 Å². The number of nitrogens with one attached hydrogen (secondary N) is 1. The van der Waals surface area contributed by atoms with Crippen molar-refractivity contribution in [2.24, 2.45) is 0 Å². The lowest BCUT2D eigenvalue weighted by Gasteiger charge is -2.18. The van der Waals surface area contributed by atoms with Gasteiger partial charge in [0.05, 0.1) is 18.3 Å². The minimum atomic E-state index is -0.271. The highest BCUT2D eigenvalue weighted by Crippen LogP contribution is 2.41. The molecule has 1 N–H and O–H groups in total. The first-order chi connectivity index (χ1) is 13.4. The average molecular weight is 378 g/mol. The summed E-state index contributed by atoms with van der Waals surface area (Å²) < 4.78 is 16.9. The number of methoxy groups -OCH3 is 1. The summed E-state index contributed by atoms with van der Waals surface area (Å²) in [5.74, 6) is 1.52. The van der Waals surface area contributed by atoms with E-state index in [0.717, 1.165) is 23.1 Å². The number of carbonyl (C=O) groups is 1. The standard InChI is InChI=1S/C22H22N2O4/c1-22(2)12-15-7-5-9-17(21(15)28-22)27-13-18(25)23-16-8-4-6-14-10-11-19(26-3)24-20(14)16/h4-11H,12-13H2,1-3H3,(H,23,25). The zero-order valence-corrected chi connectivity index (χ0v) is 16.1. The van der Waals surface area contributed by atoms with Crippen LogP contribution in [-0.4, -0.2) is 30.2 Å². The number of para-hydroxylation sites is 2. The van der Waals surface area contributed by atoms with Gasteiger partial charge in [0.2, 0.25) is 5.88 Å². The largest absolute Gasteiger partial charge is 0.483 e. The second kappa shape index (κ2) is 7.03. The van der Waals surface area contributed by atoms with E-state index in [9.17, 15) is 4.79 Å². The van der Waals surface area contributed by atoms with Gasteiger partial charge >= 0.3 is 0 Å². The van der Waals surface area contributed by atoms with Gasteiger partial charge in [0.15, 0.2) is 18.1 Å². The fourth-order valence-corrected chi connectivity index (χ4v) is 3.37. The predicted octanol–water partition coefficient (Wildman–Crippen LogP) is 3.97. The molecule has 0 saturated carbocycles. The molecule has 0 bridgehead atoms. The molecule has 0 fully saturated rings. The number of pyridine rings is 1. The second-order valence-electron chi connectivity index (χ2n) is 7.35. The van der Waals surface area contributed by atoms with E-state index in [1.807, 2.05) is 50.2 Å². The Morgan fingerprint density at radius 3 is 2.82 bits per heavy atom. The Morgan fingerprint density at radius 1 is 1.18 bits per heavy atom. The van der Waals surface area contributed by atoms with Crippen molar-refractivity contribution in [2.75, 3.05) is 19.0 Å². The van der Waals surface area contributed by atoms with Gasteiger partial charge in [-0.05, 0) is 32.0 Å². The van der Waals surface area contributed by atoms with Crippen LogP contribution in [0.4, 0.5) is 5.69 Å². The van der Waals surface area contributed by atoms with Gasteiger partial charge < -0.3 is 19.5 Å². The third kappa shape index (κ3) is 3.58. The van der Waals surface area contributed by atoms with E-state index in [2.05, 4.69) is 10.3 Å². The molecule has 6 nitrogen and oxygen atoms in total. The number of aromatic nitrogens is 1. The molecule has 4 rings (SSSR count). The number of amides is 1. The number of hydrogen-bond acceptors (Lipinski definition) is 5. The monoisotopic (exact) mass is 378 g/mol. The van der Waals surface area contributed by atoms with Crippen LogP contribution in [0.3, 0.4) is 0 Å². The Labute approximate surface area is 163 Å². The average Bonchev–Trinajstić information content (AvgIpc) is 3.00. The number of carbonyl (C=O) groups excluding carboxylic acids is 1. The van der Waals surface area contributed by atoms with Crippen molar-refractivity contribution in [2.45, 2.75) is 25.9 Å². The maximum Gasteiger partial charge on any atom is 0.262 e. The molecule has 1 aromatic heterocycles. The zero-order valence-electron chi connectivity index (χ0n) is 16.1. The summed E-state index contributed by atoms with van der Waals surface area (Å²) in [5, 5.41) is 3.78. The van der Waals surface area contributed by atoms with Crippen molar-refractivity contribution in [1.82, 2.24) is 4.98 Å². The fraction of sp³-hybridized carbons (Fsp3) is 0.273. The molecule has 6 heteroatoms. The van der Waals surface area contributed by atoms with Crippen molar-refractivity contribution in [3.05, 3.63) is 54.1 Å². The Morgan fingerprint density at radius 2 is 2.00 bits per heavy atom. The summed E-state index contributed by atoms with van der Waals surface area (Å²) in [7, 11) is 1.56. The summed E-state index contributed by atoms with van der Waals surface area (Å²) in [6, 6.07) is 15.0. The molecule has 3 aromatic rings. The smallest absolute Gasteiger partial charge is 0.262 e. The van der Waals surface area contributed by atoms with Crippen LogP contribution in [0.2, 0.25) is 0 Å². The molecule has 0 radical (unpaired) electrons. The van der Waals surface area contributed by atoms with E-state index in [1.165, 1.54) is 0 Å². The van der Waals surface area contributed by atoms with E-state index >= 15 is 0 Å². The predicted molar refractivity (Wildman–Crippen MR) is 107 cm³/mol. The van der Waals surface area contributed by atoms with E-state index in [4.69, 9.17) is 14.2 Å². The minimum absolute atomic E-state index is 0.124. The van der Waals surface area contributed by atoms with Crippen LogP contribution in [0.25, 0.3) is 10.9 Å². The molecule has 0 aliphatic carbocycles. The van der Waals surface area contributed by atoms with Crippen LogP contribution in [0.1, 0.15) is 19.4 Å². The molecule has 0 spiro atoms. The van der Waals surface area contributed by atoms with Crippen LogP contribution in [0.5, 0.6) is 17.4 Å². The van der Waals surface area contributed by atoms with Gasteiger partial charge in [-0.3, -0.25) is 4.79 Å². The maximum atomic E-state index is 12.5. The number of anilines is 1. The molecule has 2 aromatic carbocycles. The topological polar surface area (TPSA) is 69.7 Å². The lowest BCUT2D eigenvalue weighted by atomic mass is 10.0. The van der Waals surface area contributed by atoms with Crippen molar-refractivity contribution in [3.63, 3.8) is 0 Å². The van der Waals surface area contributed by atoms with Gasteiger partial charge in [-0.1, -0.05) is 24.3 Å². The maximum absolute atomic E-state index is 12.5. The third-order valence-electron chi connectivity index (χ3n) is 4.59. The van der Waals surface area contributed by atoms with Crippen molar-refractivity contribution in [1.29, 1.82) is 0 Å². The molecule has 1 aliphatic heterocycles. The number of nitrogens with zero attached hydrogens (tertiary/aromatic N) is 1. The Hall–Kier alpha value is -3.28. The first kappa shape index (κ1) is 18.1. The van der Waals surface area contributed by atoms with Crippen LogP contribution in [0, 0.1) is 0 Å². The summed E-state index contributed by atoms with van der Waals surface area (Å²) >= 11 is 0. The Balaban J connectivity index is 1.48. The summed E-state index contributed by atoms with van der Waals surface area (Å²) in [6.45, 7) is 3.94. The molecule has 0 saturated heterocycles.